The van der Waals surface area contributed by atoms with Gasteiger partial charge in [0.05, 0.1) is 4.90 Å². The fraction of sp³-hybridized carbons (Fsp3) is 0. The largest absolute Gasteiger partial charge is 0.227 e. The van der Waals surface area contributed by atoms with E-state index in [0.717, 1.165) is 0 Å². The molecule has 0 aliphatic heterocycles. The van der Waals surface area contributed by atoms with Crippen molar-refractivity contribution >= 4 is 10.7 Å². The average molecular weight is 155 g/mol. The van der Waals surface area contributed by atoms with Crippen LogP contribution in [-0.4, -0.2) is 8.42 Å². The molecule has 1 radical (unpaired) electrons. The third-order valence-electron chi connectivity index (χ3n) is 1.19. The Hall–Kier alpha value is -0.830. The first-order chi connectivity index (χ1) is 4.72. The molecular formula is C7H7O2S. The van der Waals surface area contributed by atoms with E-state index in [-0.39, 0.29) is 0 Å². The summed E-state index contributed by atoms with van der Waals surface area (Å²) < 4.78 is 20.8. The lowest BCUT2D eigenvalue weighted by molar-refractivity contribution is 0.614. The first-order valence-electron chi connectivity index (χ1n) is 2.77. The zero-order valence-electron chi connectivity index (χ0n) is 5.28. The second-order valence-corrected chi connectivity index (χ2v) is 2.88. The van der Waals surface area contributed by atoms with Gasteiger partial charge in [-0.1, -0.05) is 18.2 Å². The van der Waals surface area contributed by atoms with E-state index >= 15 is 0 Å². The lowest BCUT2D eigenvalue weighted by atomic mass is 10.2. The predicted molar refractivity (Wildman–Crippen MR) is 39.5 cm³/mol. The minimum atomic E-state index is -2.48. The van der Waals surface area contributed by atoms with Gasteiger partial charge in [0.2, 0.25) is 0 Å². The smallest absolute Gasteiger partial charge is 0.168 e. The van der Waals surface area contributed by atoms with Crippen LogP contribution in [0.15, 0.2) is 29.2 Å². The van der Waals surface area contributed by atoms with E-state index in [1.54, 1.807) is 18.2 Å². The minimum absolute atomic E-state index is 0.303. The topological polar surface area (TPSA) is 34.1 Å². The molecule has 53 valence electrons. The Morgan fingerprint density at radius 2 is 1.80 bits per heavy atom. The summed E-state index contributed by atoms with van der Waals surface area (Å²) in [6, 6.07) is 6.63. The molecule has 0 bridgehead atoms. The van der Waals surface area contributed by atoms with Gasteiger partial charge in [-0.3, -0.25) is 0 Å². The second-order valence-electron chi connectivity index (χ2n) is 1.89. The van der Waals surface area contributed by atoms with Crippen LogP contribution in [0.25, 0.3) is 0 Å². The van der Waals surface area contributed by atoms with Gasteiger partial charge in [0.1, 0.15) is 0 Å². The summed E-state index contributed by atoms with van der Waals surface area (Å²) in [5.41, 5.74) is 0.554. The average Bonchev–Trinajstić information content (AvgIpc) is 1.88. The van der Waals surface area contributed by atoms with Gasteiger partial charge >= 0.3 is 0 Å². The molecule has 0 heterocycles. The van der Waals surface area contributed by atoms with Crippen molar-refractivity contribution in [2.75, 3.05) is 0 Å². The van der Waals surface area contributed by atoms with E-state index in [9.17, 15) is 8.42 Å². The van der Waals surface area contributed by atoms with E-state index in [2.05, 4.69) is 6.92 Å². The number of rotatable bonds is 1. The van der Waals surface area contributed by atoms with Gasteiger partial charge in [0.15, 0.2) is 10.7 Å². The standard InChI is InChI=1S/C7H7O2S/c1-6-4-2-3-5-7(6)10(8)9/h2-5,10H,1H2. The Labute approximate surface area is 61.5 Å². The van der Waals surface area contributed by atoms with Crippen molar-refractivity contribution in [3.8, 4) is 0 Å². The Bertz CT molecular complexity index is 294. The first kappa shape index (κ1) is 7.28. The lowest BCUT2D eigenvalue weighted by Crippen LogP contribution is -1.83. The van der Waals surface area contributed by atoms with Gasteiger partial charge in [-0.25, -0.2) is 8.42 Å². The Kier molecular flexibility index (Phi) is 2.06. The second kappa shape index (κ2) is 2.84. The Morgan fingerprint density at radius 3 is 2.20 bits per heavy atom. The van der Waals surface area contributed by atoms with Crippen LogP contribution in [0, 0.1) is 6.92 Å². The van der Waals surface area contributed by atoms with Crippen molar-refractivity contribution < 1.29 is 8.42 Å². The molecule has 1 rings (SSSR count). The van der Waals surface area contributed by atoms with Gasteiger partial charge in [0.25, 0.3) is 0 Å². The SMILES string of the molecule is [CH2]c1ccccc1[SH](=O)=O. The van der Waals surface area contributed by atoms with Crippen LogP contribution >= 0.6 is 0 Å². The number of benzene rings is 1. The molecule has 0 aliphatic rings. The molecule has 0 unspecified atom stereocenters. The molecule has 3 heteroatoms. The Morgan fingerprint density at radius 1 is 1.20 bits per heavy atom. The summed E-state index contributed by atoms with van der Waals surface area (Å²) in [5.74, 6) is 0. The summed E-state index contributed by atoms with van der Waals surface area (Å²) in [7, 11) is -2.48. The maximum Gasteiger partial charge on any atom is 0.168 e. The first-order valence-corrected chi connectivity index (χ1v) is 3.95. The van der Waals surface area contributed by atoms with Crippen molar-refractivity contribution in [1.82, 2.24) is 0 Å². The fourth-order valence-corrected chi connectivity index (χ4v) is 1.21. The van der Waals surface area contributed by atoms with E-state index in [1.165, 1.54) is 6.07 Å². The zero-order valence-corrected chi connectivity index (χ0v) is 6.17. The molecule has 10 heavy (non-hydrogen) atoms. The number of hydrogen-bond acceptors (Lipinski definition) is 2. The van der Waals surface area contributed by atoms with E-state index in [1.807, 2.05) is 0 Å². The molecule has 0 amide bonds. The van der Waals surface area contributed by atoms with E-state index in [4.69, 9.17) is 0 Å². The third-order valence-corrected chi connectivity index (χ3v) is 2.02. The summed E-state index contributed by atoms with van der Waals surface area (Å²) in [5, 5.41) is 0. The monoisotopic (exact) mass is 155 g/mol. The summed E-state index contributed by atoms with van der Waals surface area (Å²) in [4.78, 5) is 0.303. The predicted octanol–water partition coefficient (Wildman–Crippen LogP) is 0.839. The highest BCUT2D eigenvalue weighted by molar-refractivity contribution is 7.72. The van der Waals surface area contributed by atoms with Crippen LogP contribution in [-0.2, 0) is 10.7 Å². The van der Waals surface area contributed by atoms with Crippen molar-refractivity contribution in [1.29, 1.82) is 0 Å². The molecule has 2 nitrogen and oxygen atoms in total. The van der Waals surface area contributed by atoms with Gasteiger partial charge < -0.3 is 0 Å². The number of hydrogen-bond donors (Lipinski definition) is 1. The highest BCUT2D eigenvalue weighted by Gasteiger charge is 1.95. The highest BCUT2D eigenvalue weighted by Crippen LogP contribution is 2.06. The van der Waals surface area contributed by atoms with Crippen LogP contribution < -0.4 is 0 Å². The molecule has 0 aliphatic carbocycles. The van der Waals surface area contributed by atoms with Gasteiger partial charge in [0, 0.05) is 0 Å². The normalized spacial score (nSPS) is 10.2. The molecule has 0 fully saturated rings. The molecular weight excluding hydrogens is 148 g/mol. The van der Waals surface area contributed by atoms with Gasteiger partial charge in [-0.15, -0.1) is 0 Å². The van der Waals surface area contributed by atoms with Crippen LogP contribution in [0.3, 0.4) is 0 Å². The highest BCUT2D eigenvalue weighted by atomic mass is 32.2. The molecule has 0 saturated heterocycles. The number of thiol groups is 1. The Balaban J connectivity index is 3.28. The molecule has 1 aromatic rings. The van der Waals surface area contributed by atoms with Crippen molar-refractivity contribution in [3.63, 3.8) is 0 Å². The maximum absolute atomic E-state index is 10.4. The summed E-state index contributed by atoms with van der Waals surface area (Å²) >= 11 is 0. The molecule has 0 N–H and O–H groups in total. The minimum Gasteiger partial charge on any atom is -0.227 e. The van der Waals surface area contributed by atoms with Crippen LogP contribution in [0.4, 0.5) is 0 Å². The quantitative estimate of drug-likeness (QED) is 0.610. The third kappa shape index (κ3) is 1.36. The summed E-state index contributed by atoms with van der Waals surface area (Å²) in [6.45, 7) is 3.56. The maximum atomic E-state index is 10.4. The molecule has 0 atom stereocenters. The van der Waals surface area contributed by atoms with Crippen LogP contribution in [0.1, 0.15) is 5.56 Å². The summed E-state index contributed by atoms with van der Waals surface area (Å²) in [6.07, 6.45) is 0. The van der Waals surface area contributed by atoms with E-state index < -0.39 is 10.7 Å². The van der Waals surface area contributed by atoms with Gasteiger partial charge in [-0.05, 0) is 18.6 Å². The molecule has 0 saturated carbocycles. The van der Waals surface area contributed by atoms with Crippen LogP contribution in [0.5, 0.6) is 0 Å². The van der Waals surface area contributed by atoms with Crippen LogP contribution in [0.2, 0.25) is 0 Å². The lowest BCUT2D eigenvalue weighted by Gasteiger charge is -1.93. The van der Waals surface area contributed by atoms with Gasteiger partial charge in [-0.2, -0.15) is 0 Å². The van der Waals surface area contributed by atoms with Crippen molar-refractivity contribution in [2.45, 2.75) is 4.90 Å². The molecule has 0 spiro atoms. The van der Waals surface area contributed by atoms with Crippen molar-refractivity contribution in [2.24, 2.45) is 0 Å². The van der Waals surface area contributed by atoms with Crippen molar-refractivity contribution in [3.05, 3.63) is 36.8 Å². The molecule has 0 aromatic heterocycles. The zero-order chi connectivity index (χ0) is 7.56. The molecule has 1 aromatic carbocycles. The fourth-order valence-electron chi connectivity index (χ4n) is 0.689. The van der Waals surface area contributed by atoms with E-state index in [0.29, 0.717) is 10.5 Å².